The van der Waals surface area contributed by atoms with Gasteiger partial charge in [-0.05, 0) is 56.9 Å². The number of carbonyl (C=O) groups excluding carboxylic acids is 2. The summed E-state index contributed by atoms with van der Waals surface area (Å²) in [5, 5.41) is 23.7. The molecule has 9 heteroatoms. The predicted octanol–water partition coefficient (Wildman–Crippen LogP) is 2.15. The molecule has 0 aliphatic carbocycles. The summed E-state index contributed by atoms with van der Waals surface area (Å²) in [7, 11) is 0. The summed E-state index contributed by atoms with van der Waals surface area (Å²) in [6, 6.07) is 4.09. The van der Waals surface area contributed by atoms with Crippen molar-refractivity contribution >= 4 is 29.7 Å². The predicted molar refractivity (Wildman–Crippen MR) is 108 cm³/mol. The molecule has 156 valence electrons. The zero-order chi connectivity index (χ0) is 21.3. The summed E-state index contributed by atoms with van der Waals surface area (Å²) < 4.78 is 5.20. The molecule has 28 heavy (non-hydrogen) atoms. The lowest BCUT2D eigenvalue weighted by atomic mass is 10.0. The topological polar surface area (TPSA) is 125 Å². The van der Waals surface area contributed by atoms with Crippen molar-refractivity contribution in [3.8, 4) is 5.75 Å². The number of phenols is 1. The first kappa shape index (κ1) is 23.6. The molecule has 1 aromatic carbocycles. The number of amides is 2. The summed E-state index contributed by atoms with van der Waals surface area (Å²) in [4.78, 5) is 36.2. The molecule has 0 unspecified atom stereocenters. The standard InChI is InChI=1S/C19H28N2O6S/c1-19(2,3)27-18(26)21-15(11-12-5-7-13(22)8-6-12)16(23)20-14(17(24)25)9-10-28-4/h5-8,14-15,22H,9-11H2,1-4H3,(H,20,23)(H,21,26)(H,24,25)/t14-,15-/m1/s1. The van der Waals surface area contributed by atoms with E-state index in [1.165, 1.54) is 23.9 Å². The highest BCUT2D eigenvalue weighted by atomic mass is 32.2. The molecule has 4 N–H and O–H groups in total. The van der Waals surface area contributed by atoms with Crippen LogP contribution in [-0.2, 0) is 20.7 Å². The van der Waals surface area contributed by atoms with Crippen LogP contribution < -0.4 is 10.6 Å². The third-order valence-electron chi connectivity index (χ3n) is 3.61. The van der Waals surface area contributed by atoms with E-state index in [0.717, 1.165) is 0 Å². The molecule has 2 atom stereocenters. The van der Waals surface area contributed by atoms with Crippen LogP contribution in [0.5, 0.6) is 5.75 Å². The van der Waals surface area contributed by atoms with E-state index < -0.39 is 35.7 Å². The van der Waals surface area contributed by atoms with Gasteiger partial charge >= 0.3 is 12.1 Å². The second-order valence-electron chi connectivity index (χ2n) is 7.25. The van der Waals surface area contributed by atoms with Crippen molar-refractivity contribution in [1.82, 2.24) is 10.6 Å². The maximum atomic E-state index is 12.7. The lowest BCUT2D eigenvalue weighted by Gasteiger charge is -2.24. The van der Waals surface area contributed by atoms with Crippen molar-refractivity contribution in [1.29, 1.82) is 0 Å². The molecule has 0 heterocycles. The molecule has 0 saturated carbocycles. The van der Waals surface area contributed by atoms with E-state index in [1.807, 2.05) is 6.26 Å². The van der Waals surface area contributed by atoms with E-state index in [-0.39, 0.29) is 18.6 Å². The second kappa shape index (κ2) is 10.8. The van der Waals surface area contributed by atoms with Gasteiger partial charge in [-0.2, -0.15) is 11.8 Å². The zero-order valence-corrected chi connectivity index (χ0v) is 17.3. The Labute approximate surface area is 169 Å². The van der Waals surface area contributed by atoms with Crippen LogP contribution in [0.3, 0.4) is 0 Å². The van der Waals surface area contributed by atoms with E-state index in [4.69, 9.17) is 4.74 Å². The number of alkyl carbamates (subject to hydrolysis) is 1. The van der Waals surface area contributed by atoms with Gasteiger partial charge in [0, 0.05) is 6.42 Å². The zero-order valence-electron chi connectivity index (χ0n) is 16.5. The molecule has 0 aliphatic heterocycles. The van der Waals surface area contributed by atoms with E-state index in [0.29, 0.717) is 11.3 Å². The van der Waals surface area contributed by atoms with Gasteiger partial charge in [-0.25, -0.2) is 9.59 Å². The monoisotopic (exact) mass is 412 g/mol. The van der Waals surface area contributed by atoms with Crippen LogP contribution in [0, 0.1) is 0 Å². The van der Waals surface area contributed by atoms with Crippen LogP contribution in [0.15, 0.2) is 24.3 Å². The third-order valence-corrected chi connectivity index (χ3v) is 4.25. The van der Waals surface area contributed by atoms with Crippen molar-refractivity contribution in [3.05, 3.63) is 29.8 Å². The quantitative estimate of drug-likeness (QED) is 0.490. The molecule has 1 rings (SSSR count). The van der Waals surface area contributed by atoms with Crippen molar-refractivity contribution in [3.63, 3.8) is 0 Å². The summed E-state index contributed by atoms with van der Waals surface area (Å²) in [5.41, 5.74) is -0.0593. The highest BCUT2D eigenvalue weighted by Crippen LogP contribution is 2.13. The molecular formula is C19H28N2O6S. The molecule has 0 aromatic heterocycles. The van der Waals surface area contributed by atoms with Gasteiger partial charge in [-0.15, -0.1) is 0 Å². The fourth-order valence-corrected chi connectivity index (χ4v) is 2.76. The van der Waals surface area contributed by atoms with Crippen molar-refractivity contribution < 1.29 is 29.3 Å². The van der Waals surface area contributed by atoms with E-state index in [1.54, 1.807) is 32.9 Å². The number of thioether (sulfide) groups is 1. The number of carbonyl (C=O) groups is 3. The van der Waals surface area contributed by atoms with Gasteiger partial charge in [0.2, 0.25) is 5.91 Å². The molecular weight excluding hydrogens is 384 g/mol. The number of hydrogen-bond acceptors (Lipinski definition) is 6. The van der Waals surface area contributed by atoms with Gasteiger partial charge in [-0.1, -0.05) is 12.1 Å². The number of carboxylic acids is 1. The molecule has 0 bridgehead atoms. The van der Waals surface area contributed by atoms with E-state index in [9.17, 15) is 24.6 Å². The maximum Gasteiger partial charge on any atom is 0.408 e. The van der Waals surface area contributed by atoms with Crippen LogP contribution in [0.2, 0.25) is 0 Å². The van der Waals surface area contributed by atoms with Crippen LogP contribution in [0.1, 0.15) is 32.8 Å². The van der Waals surface area contributed by atoms with Gasteiger partial charge in [0.1, 0.15) is 23.4 Å². The minimum atomic E-state index is -1.14. The Morgan fingerprint density at radius 2 is 1.71 bits per heavy atom. The first-order valence-electron chi connectivity index (χ1n) is 8.81. The summed E-state index contributed by atoms with van der Waals surface area (Å²) in [5.74, 6) is -1.11. The van der Waals surface area contributed by atoms with Crippen molar-refractivity contribution in [2.75, 3.05) is 12.0 Å². The fourth-order valence-electron chi connectivity index (χ4n) is 2.29. The van der Waals surface area contributed by atoms with Gasteiger partial charge in [-0.3, -0.25) is 4.79 Å². The number of carboxylic acid groups (broad SMARTS) is 1. The summed E-state index contributed by atoms with van der Waals surface area (Å²) in [6.07, 6.45) is 1.45. The molecule has 1 aromatic rings. The first-order chi connectivity index (χ1) is 13.0. The Bertz CT molecular complexity index is 672. The summed E-state index contributed by atoms with van der Waals surface area (Å²) >= 11 is 1.48. The van der Waals surface area contributed by atoms with Gasteiger partial charge in [0.25, 0.3) is 0 Å². The number of nitrogens with one attached hydrogen (secondary N) is 2. The smallest absolute Gasteiger partial charge is 0.408 e. The number of hydrogen-bond donors (Lipinski definition) is 4. The van der Waals surface area contributed by atoms with Crippen LogP contribution >= 0.6 is 11.8 Å². The number of rotatable bonds is 9. The number of benzene rings is 1. The maximum absolute atomic E-state index is 12.7. The normalized spacial score (nSPS) is 13.3. The Kier molecular flexibility index (Phi) is 9.11. The fraction of sp³-hybridized carbons (Fsp3) is 0.526. The Morgan fingerprint density at radius 3 is 2.21 bits per heavy atom. The van der Waals surface area contributed by atoms with Gasteiger partial charge in [0.15, 0.2) is 0 Å². The lowest BCUT2D eigenvalue weighted by molar-refractivity contribution is -0.142. The Hall–Kier alpha value is -2.42. The number of aromatic hydroxyl groups is 1. The minimum Gasteiger partial charge on any atom is -0.508 e. The molecule has 0 radical (unpaired) electrons. The third kappa shape index (κ3) is 8.98. The van der Waals surface area contributed by atoms with Crippen LogP contribution in [0.25, 0.3) is 0 Å². The molecule has 2 amide bonds. The highest BCUT2D eigenvalue weighted by molar-refractivity contribution is 7.98. The number of aliphatic carboxylic acids is 1. The Balaban J connectivity index is 2.93. The highest BCUT2D eigenvalue weighted by Gasteiger charge is 2.28. The van der Waals surface area contributed by atoms with Gasteiger partial charge in [0.05, 0.1) is 0 Å². The minimum absolute atomic E-state index is 0.0767. The van der Waals surface area contributed by atoms with Gasteiger partial charge < -0.3 is 25.6 Å². The molecule has 0 spiro atoms. The summed E-state index contributed by atoms with van der Waals surface area (Å²) in [6.45, 7) is 5.10. The average molecular weight is 413 g/mol. The number of ether oxygens (including phenoxy) is 1. The lowest BCUT2D eigenvalue weighted by Crippen LogP contribution is -2.53. The molecule has 0 aliphatic rings. The SMILES string of the molecule is CSCC[C@@H](NC(=O)[C@@H](Cc1ccc(O)cc1)NC(=O)OC(C)(C)C)C(=O)O. The van der Waals surface area contributed by atoms with Crippen molar-refractivity contribution in [2.45, 2.75) is 51.3 Å². The number of phenolic OH excluding ortho intramolecular Hbond substituents is 1. The van der Waals surface area contributed by atoms with Crippen LogP contribution in [-0.4, -0.2) is 57.9 Å². The Morgan fingerprint density at radius 1 is 1.11 bits per heavy atom. The first-order valence-corrected chi connectivity index (χ1v) is 10.2. The van der Waals surface area contributed by atoms with Crippen LogP contribution in [0.4, 0.5) is 4.79 Å². The average Bonchev–Trinajstić information content (AvgIpc) is 2.57. The van der Waals surface area contributed by atoms with E-state index >= 15 is 0 Å². The largest absolute Gasteiger partial charge is 0.508 e. The molecule has 8 nitrogen and oxygen atoms in total. The second-order valence-corrected chi connectivity index (χ2v) is 8.24. The van der Waals surface area contributed by atoms with Crippen molar-refractivity contribution in [2.24, 2.45) is 0 Å². The van der Waals surface area contributed by atoms with E-state index in [2.05, 4.69) is 10.6 Å². The molecule has 0 saturated heterocycles. The molecule has 0 fully saturated rings.